The summed E-state index contributed by atoms with van der Waals surface area (Å²) in [5.41, 5.74) is 1.44. The zero-order chi connectivity index (χ0) is 49.3. The van der Waals surface area contributed by atoms with E-state index >= 15 is 0 Å². The van der Waals surface area contributed by atoms with Gasteiger partial charge >= 0.3 is 118 Å². The third-order valence-electron chi connectivity index (χ3n) is 9.42. The molecule has 30 heteroatoms. The number of carbonyl (C=O) groups is 3. The standard InChI is InChI=1S/C42H42N12O12S2.4Na/c1-24(55)26-7-13-30(14-8-26)43-37-47-39(50-41(49-37)53(3)19-20-66-59)45-32-17-11-28(34(21-32)67(60,61)62)5-6-29-12-18-33(22-35(29)68(63,64)65)46-40-48-38(51-42(52-40)54(4)23-36(57)58)44-31-15-9-27(10-16-31)25(2)56;;;;/h5-18,21-22,59H,19-20,23H2,1-4H3,(H,57,58)(H,60,61,62)(H,63,64,65)(H2,43,45,47,49,50)(H2,44,46,48,51,52);;;;/q;4*+1/p-4/b6-5+;;;;. The molecule has 0 radical (unpaired) electrons. The molecule has 0 amide bonds. The van der Waals surface area contributed by atoms with Crippen molar-refractivity contribution in [2.24, 2.45) is 0 Å². The number of carboxylic acid groups (broad SMARTS) is 1. The van der Waals surface area contributed by atoms with E-state index in [2.05, 4.69) is 56.1 Å². The van der Waals surface area contributed by atoms with Gasteiger partial charge in [-0.05, 0) is 97.8 Å². The number of carboxylic acids is 1. The summed E-state index contributed by atoms with van der Waals surface area (Å²) in [4.78, 5) is 65.6. The molecular weight excluding hydrogens is 1020 g/mol. The Morgan fingerprint density at radius 3 is 1.21 bits per heavy atom. The van der Waals surface area contributed by atoms with Crippen molar-refractivity contribution < 1.29 is 174 Å². The molecule has 24 nitrogen and oxygen atoms in total. The van der Waals surface area contributed by atoms with Gasteiger partial charge in [-0.25, -0.2) is 16.8 Å². The van der Waals surface area contributed by atoms with Gasteiger partial charge in [0.1, 0.15) is 20.2 Å². The Morgan fingerprint density at radius 1 is 0.556 bits per heavy atom. The van der Waals surface area contributed by atoms with Gasteiger partial charge in [0.15, 0.2) is 11.6 Å². The van der Waals surface area contributed by atoms with Crippen LogP contribution in [0.25, 0.3) is 12.2 Å². The van der Waals surface area contributed by atoms with Crippen LogP contribution in [-0.2, 0) is 29.9 Å². The van der Waals surface area contributed by atoms with E-state index < -0.39 is 42.5 Å². The Bertz CT molecular complexity index is 3150. The van der Waals surface area contributed by atoms with Crippen LogP contribution in [0.1, 0.15) is 45.7 Å². The SMILES string of the molecule is CC(=O)c1ccc(Nc2nc(Nc3ccc(/C=C/c4ccc(Nc5nc(Nc6ccc(C(C)=O)cc6)nc(N(C)CC(=O)[O-])n5)cc4S(=O)(=O)[O-])c(S(=O)(=O)[O-])c3)nc(N(C)CCO[O-])n2)cc1.[Na+].[Na+].[Na+].[Na+]. The van der Waals surface area contributed by atoms with Crippen LogP contribution in [0, 0.1) is 0 Å². The number of hydrogen-bond acceptors (Lipinski definition) is 24. The van der Waals surface area contributed by atoms with E-state index in [0.717, 1.165) is 29.2 Å². The molecule has 0 saturated carbocycles. The molecule has 0 spiro atoms. The normalized spacial score (nSPS) is 10.9. The molecule has 0 saturated heterocycles. The molecule has 354 valence electrons. The molecule has 6 aromatic rings. The number of nitrogens with zero attached hydrogens (tertiary/aromatic N) is 8. The second kappa shape index (κ2) is 28.6. The smallest absolute Gasteiger partial charge is 0.744 e. The van der Waals surface area contributed by atoms with Crippen molar-refractivity contribution in [1.29, 1.82) is 0 Å². The first-order valence-corrected chi connectivity index (χ1v) is 22.5. The summed E-state index contributed by atoms with van der Waals surface area (Å²) in [6, 6.07) is 19.8. The van der Waals surface area contributed by atoms with Crippen molar-refractivity contribution >= 4 is 108 Å². The Hall–Kier alpha value is -4.01. The molecule has 72 heavy (non-hydrogen) atoms. The van der Waals surface area contributed by atoms with Crippen LogP contribution in [0.4, 0.5) is 58.4 Å². The Morgan fingerprint density at radius 2 is 0.889 bits per heavy atom. The monoisotopic (exact) mass is 1060 g/mol. The van der Waals surface area contributed by atoms with Gasteiger partial charge in [-0.2, -0.15) is 29.9 Å². The third-order valence-corrected chi connectivity index (χ3v) is 11.2. The predicted molar refractivity (Wildman–Crippen MR) is 241 cm³/mol. The number of ketones is 2. The van der Waals surface area contributed by atoms with Crippen molar-refractivity contribution in [2.75, 3.05) is 64.9 Å². The summed E-state index contributed by atoms with van der Waals surface area (Å²) in [6.45, 7) is 2.05. The fraction of sp³-hybridized carbons (Fsp3) is 0.167. The van der Waals surface area contributed by atoms with Crippen molar-refractivity contribution in [1.82, 2.24) is 29.9 Å². The number of carbonyl (C=O) groups excluding carboxylic acids is 3. The van der Waals surface area contributed by atoms with Crippen LogP contribution in [0.3, 0.4) is 0 Å². The maximum atomic E-state index is 12.6. The molecule has 0 aliphatic heterocycles. The van der Waals surface area contributed by atoms with E-state index in [1.165, 1.54) is 50.1 Å². The van der Waals surface area contributed by atoms with E-state index in [0.29, 0.717) is 22.5 Å². The van der Waals surface area contributed by atoms with Gasteiger partial charge in [-0.15, -0.1) is 0 Å². The van der Waals surface area contributed by atoms with Gasteiger partial charge in [0.2, 0.25) is 35.7 Å². The number of anilines is 10. The minimum absolute atomic E-state index is 0. The molecule has 0 atom stereocenters. The zero-order valence-electron chi connectivity index (χ0n) is 40.2. The first-order chi connectivity index (χ1) is 32.1. The zero-order valence-corrected chi connectivity index (χ0v) is 49.8. The quantitative estimate of drug-likeness (QED) is 0.0130. The van der Waals surface area contributed by atoms with Gasteiger partial charge in [0, 0.05) is 54.5 Å². The van der Waals surface area contributed by atoms with Gasteiger partial charge in [0.25, 0.3) is 0 Å². The first-order valence-electron chi connectivity index (χ1n) is 19.7. The molecule has 0 unspecified atom stereocenters. The summed E-state index contributed by atoms with van der Waals surface area (Å²) in [5.74, 6) is -2.30. The van der Waals surface area contributed by atoms with Crippen LogP contribution in [-0.4, -0.2) is 107 Å². The average molecular weight is 1060 g/mol. The maximum absolute atomic E-state index is 12.6. The molecule has 0 aliphatic rings. The van der Waals surface area contributed by atoms with Gasteiger partial charge in [-0.3, -0.25) is 9.59 Å². The fourth-order valence-corrected chi connectivity index (χ4v) is 7.43. The molecule has 2 aromatic heterocycles. The molecule has 2 heterocycles. The Labute approximate surface area is 501 Å². The molecule has 0 bridgehead atoms. The number of rotatable bonds is 21. The van der Waals surface area contributed by atoms with Crippen LogP contribution >= 0.6 is 0 Å². The van der Waals surface area contributed by atoms with Crippen molar-refractivity contribution in [3.05, 3.63) is 107 Å². The fourth-order valence-electron chi connectivity index (χ4n) is 6.04. The molecule has 0 aliphatic carbocycles. The number of aromatic nitrogens is 6. The van der Waals surface area contributed by atoms with Crippen molar-refractivity contribution in [3.8, 4) is 0 Å². The van der Waals surface area contributed by atoms with E-state index in [1.807, 2.05) is 0 Å². The summed E-state index contributed by atoms with van der Waals surface area (Å²) in [5, 5.41) is 33.6. The summed E-state index contributed by atoms with van der Waals surface area (Å²) >= 11 is 0. The van der Waals surface area contributed by atoms with E-state index in [9.17, 15) is 50.7 Å². The summed E-state index contributed by atoms with van der Waals surface area (Å²) in [6.07, 6.45) is 2.23. The van der Waals surface area contributed by atoms with Gasteiger partial charge in [0.05, 0.1) is 28.9 Å². The van der Waals surface area contributed by atoms with Gasteiger partial charge in [-0.1, -0.05) is 24.3 Å². The number of nitrogens with one attached hydrogen (secondary N) is 4. The molecular formula is C42H38N12Na4O12S2. The summed E-state index contributed by atoms with van der Waals surface area (Å²) < 4.78 is 75.6. The number of likely N-dealkylation sites (N-methyl/N-ethyl adjacent to an activating group) is 2. The minimum Gasteiger partial charge on any atom is -0.744 e. The topological polar surface area (TPSA) is 353 Å². The number of benzene rings is 4. The van der Waals surface area contributed by atoms with Crippen LogP contribution in [0.2, 0.25) is 0 Å². The maximum Gasteiger partial charge on any atom is 1.00 e. The minimum atomic E-state index is -5.23. The second-order valence-corrected chi connectivity index (χ2v) is 17.2. The number of hydrogen-bond donors (Lipinski definition) is 4. The molecule has 0 fully saturated rings. The van der Waals surface area contributed by atoms with Crippen molar-refractivity contribution in [3.63, 3.8) is 0 Å². The second-order valence-electron chi connectivity index (χ2n) is 14.6. The average Bonchev–Trinajstić information content (AvgIpc) is 3.27. The number of aliphatic carboxylic acids is 1. The van der Waals surface area contributed by atoms with Crippen LogP contribution in [0.5, 0.6) is 0 Å². The van der Waals surface area contributed by atoms with E-state index in [4.69, 9.17) is 0 Å². The Kier molecular flexibility index (Phi) is 25.5. The number of Topliss-reactive ketones (excluding diaryl/α,β-unsaturated/α-hetero) is 2. The van der Waals surface area contributed by atoms with E-state index in [1.54, 1.807) is 55.6 Å². The van der Waals surface area contributed by atoms with Crippen LogP contribution < -0.4 is 160 Å². The molecule has 4 N–H and O–H groups in total. The third kappa shape index (κ3) is 18.4. The molecule has 6 rings (SSSR count). The van der Waals surface area contributed by atoms with Crippen molar-refractivity contribution in [2.45, 2.75) is 23.6 Å². The Balaban J connectivity index is 0.00000444. The largest absolute Gasteiger partial charge is 1.00 e. The predicted octanol–water partition coefficient (Wildman–Crippen LogP) is -9.66. The van der Waals surface area contributed by atoms with Crippen LogP contribution in [0.15, 0.2) is 94.7 Å². The van der Waals surface area contributed by atoms with E-state index in [-0.39, 0.29) is 201 Å². The summed E-state index contributed by atoms with van der Waals surface area (Å²) in [7, 11) is -7.51. The van der Waals surface area contributed by atoms with Gasteiger partial charge < -0.3 is 60.2 Å². The first kappa shape index (κ1) is 64.1. The molecule has 4 aromatic carbocycles.